The number of thioether (sulfide) groups is 1. The molecule has 0 fully saturated rings. The average Bonchev–Trinajstić information content (AvgIpc) is 2.37. The van der Waals surface area contributed by atoms with Crippen LogP contribution in [0.5, 0.6) is 0 Å². The molecule has 5 heteroatoms. The first-order valence-corrected chi connectivity index (χ1v) is 7.88. The summed E-state index contributed by atoms with van der Waals surface area (Å²) in [5.74, 6) is 1.56. The lowest BCUT2D eigenvalue weighted by Crippen LogP contribution is -2.24. The molecule has 0 aromatic heterocycles. The Balaban J connectivity index is 2.79. The minimum absolute atomic E-state index is 0.0671. The zero-order valence-corrected chi connectivity index (χ0v) is 12.6. The van der Waals surface area contributed by atoms with Crippen LogP contribution in [-0.2, 0) is 0 Å². The number of anilines is 2. The van der Waals surface area contributed by atoms with Crippen LogP contribution in [0.15, 0.2) is 18.2 Å². The van der Waals surface area contributed by atoms with Crippen LogP contribution >= 0.6 is 11.8 Å². The number of hydrogen-bond acceptors (Lipinski definition) is 4. The van der Waals surface area contributed by atoms with Gasteiger partial charge in [-0.3, -0.25) is 4.79 Å². The molecule has 0 spiro atoms. The number of rotatable bonds is 7. The number of nitrogens with one attached hydrogen (secondary N) is 2. The van der Waals surface area contributed by atoms with Crippen LogP contribution in [0.3, 0.4) is 0 Å². The normalized spacial score (nSPS) is 11.9. The Labute approximate surface area is 119 Å². The molecule has 0 saturated heterocycles. The number of nitrogen functional groups attached to an aromatic ring is 1. The van der Waals surface area contributed by atoms with Gasteiger partial charge in [0.2, 0.25) is 0 Å². The van der Waals surface area contributed by atoms with Crippen molar-refractivity contribution in [2.24, 2.45) is 5.92 Å². The van der Waals surface area contributed by atoms with E-state index >= 15 is 0 Å². The van der Waals surface area contributed by atoms with Crippen molar-refractivity contribution < 1.29 is 4.79 Å². The molecule has 19 heavy (non-hydrogen) atoms. The minimum Gasteiger partial charge on any atom is -0.399 e. The van der Waals surface area contributed by atoms with Crippen molar-refractivity contribution in [2.45, 2.75) is 13.8 Å². The van der Waals surface area contributed by atoms with E-state index in [-0.39, 0.29) is 5.91 Å². The molecule has 0 saturated carbocycles. The summed E-state index contributed by atoms with van der Waals surface area (Å²) in [6.45, 7) is 5.53. The Morgan fingerprint density at radius 3 is 2.84 bits per heavy atom. The van der Waals surface area contributed by atoms with Crippen LogP contribution in [0.2, 0.25) is 0 Å². The number of carbonyl (C=O) groups excluding carboxylic acids is 1. The molecule has 4 N–H and O–H groups in total. The number of benzene rings is 1. The zero-order chi connectivity index (χ0) is 14.3. The molecule has 0 radical (unpaired) electrons. The first kappa shape index (κ1) is 15.7. The molecule has 1 unspecified atom stereocenters. The third kappa shape index (κ3) is 5.03. The smallest absolute Gasteiger partial charge is 0.253 e. The third-order valence-corrected chi connectivity index (χ3v) is 3.62. The first-order valence-electron chi connectivity index (χ1n) is 6.49. The van der Waals surface area contributed by atoms with E-state index in [0.717, 1.165) is 18.0 Å². The van der Waals surface area contributed by atoms with E-state index in [1.165, 1.54) is 0 Å². The van der Waals surface area contributed by atoms with Gasteiger partial charge in [0.05, 0.1) is 5.56 Å². The van der Waals surface area contributed by atoms with Gasteiger partial charge in [-0.05, 0) is 43.0 Å². The molecule has 1 aromatic carbocycles. The predicted octanol–water partition coefficient (Wildman–Crippen LogP) is 2.43. The summed E-state index contributed by atoms with van der Waals surface area (Å²) < 4.78 is 0. The maximum absolute atomic E-state index is 12.0. The Hall–Kier alpha value is -1.36. The zero-order valence-electron chi connectivity index (χ0n) is 11.8. The van der Waals surface area contributed by atoms with Gasteiger partial charge in [0.25, 0.3) is 5.91 Å². The van der Waals surface area contributed by atoms with Gasteiger partial charge in [0, 0.05) is 24.5 Å². The molecular weight excluding hydrogens is 258 g/mol. The van der Waals surface area contributed by atoms with Crippen molar-refractivity contribution in [1.82, 2.24) is 5.32 Å². The fraction of sp³-hybridized carbons (Fsp3) is 0.500. The van der Waals surface area contributed by atoms with Crippen LogP contribution in [-0.4, -0.2) is 31.0 Å². The lowest BCUT2D eigenvalue weighted by Gasteiger charge is -2.15. The second-order valence-electron chi connectivity index (χ2n) is 4.61. The summed E-state index contributed by atoms with van der Waals surface area (Å²) in [7, 11) is 0. The second kappa shape index (κ2) is 7.94. The lowest BCUT2D eigenvalue weighted by atomic mass is 10.1. The molecule has 4 nitrogen and oxygen atoms in total. The van der Waals surface area contributed by atoms with Crippen molar-refractivity contribution >= 4 is 29.0 Å². The molecule has 106 valence electrons. The molecule has 0 aliphatic carbocycles. The van der Waals surface area contributed by atoms with E-state index in [1.807, 2.05) is 24.8 Å². The van der Waals surface area contributed by atoms with E-state index in [4.69, 9.17) is 5.73 Å². The second-order valence-corrected chi connectivity index (χ2v) is 5.52. The highest BCUT2D eigenvalue weighted by Gasteiger charge is 2.11. The number of carbonyl (C=O) groups is 1. The Kier molecular flexibility index (Phi) is 6.56. The third-order valence-electron chi connectivity index (χ3n) is 2.72. The predicted molar refractivity (Wildman–Crippen MR) is 84.9 cm³/mol. The molecule has 0 aliphatic rings. The number of nitrogens with two attached hydrogens (primary N) is 1. The van der Waals surface area contributed by atoms with Crippen molar-refractivity contribution in [1.29, 1.82) is 0 Å². The maximum Gasteiger partial charge on any atom is 0.253 e. The molecular formula is C14H23N3OS. The van der Waals surface area contributed by atoms with Gasteiger partial charge in [-0.15, -0.1) is 0 Å². The minimum atomic E-state index is -0.0671. The van der Waals surface area contributed by atoms with E-state index in [9.17, 15) is 4.79 Å². The molecule has 1 aromatic rings. The summed E-state index contributed by atoms with van der Waals surface area (Å²) in [6, 6.07) is 5.33. The SMILES string of the molecule is CCNC(=O)c1ccc(N)cc1NCC(C)CSC. The lowest BCUT2D eigenvalue weighted by molar-refractivity contribution is 0.0956. The molecule has 1 rings (SSSR count). The van der Waals surface area contributed by atoms with Gasteiger partial charge in [0.15, 0.2) is 0 Å². The molecule has 0 aliphatic heterocycles. The topological polar surface area (TPSA) is 67.2 Å². The van der Waals surface area contributed by atoms with E-state index < -0.39 is 0 Å². The fourth-order valence-electron chi connectivity index (χ4n) is 1.79. The van der Waals surface area contributed by atoms with Crippen LogP contribution in [0, 0.1) is 5.92 Å². The van der Waals surface area contributed by atoms with Crippen LogP contribution < -0.4 is 16.4 Å². The van der Waals surface area contributed by atoms with E-state index in [0.29, 0.717) is 23.7 Å². The van der Waals surface area contributed by atoms with Crippen LogP contribution in [0.4, 0.5) is 11.4 Å². The average molecular weight is 281 g/mol. The van der Waals surface area contributed by atoms with Gasteiger partial charge in [0.1, 0.15) is 0 Å². The number of amides is 1. The highest BCUT2D eigenvalue weighted by Crippen LogP contribution is 2.20. The molecule has 1 amide bonds. The van der Waals surface area contributed by atoms with Gasteiger partial charge >= 0.3 is 0 Å². The summed E-state index contributed by atoms with van der Waals surface area (Å²) in [4.78, 5) is 12.0. The summed E-state index contributed by atoms with van der Waals surface area (Å²) in [5.41, 5.74) is 7.90. The van der Waals surface area contributed by atoms with Crippen molar-refractivity contribution in [3.8, 4) is 0 Å². The molecule has 1 atom stereocenters. The van der Waals surface area contributed by atoms with Crippen LogP contribution in [0.1, 0.15) is 24.2 Å². The Morgan fingerprint density at radius 1 is 1.47 bits per heavy atom. The Morgan fingerprint density at radius 2 is 2.21 bits per heavy atom. The van der Waals surface area contributed by atoms with Gasteiger partial charge < -0.3 is 16.4 Å². The highest BCUT2D eigenvalue weighted by atomic mass is 32.2. The van der Waals surface area contributed by atoms with Crippen molar-refractivity contribution in [3.63, 3.8) is 0 Å². The van der Waals surface area contributed by atoms with Crippen molar-refractivity contribution in [3.05, 3.63) is 23.8 Å². The first-order chi connectivity index (χ1) is 9.08. The number of hydrogen-bond donors (Lipinski definition) is 3. The van der Waals surface area contributed by atoms with Crippen molar-refractivity contribution in [2.75, 3.05) is 36.1 Å². The maximum atomic E-state index is 12.0. The molecule has 0 heterocycles. The van der Waals surface area contributed by atoms with Crippen LogP contribution in [0.25, 0.3) is 0 Å². The summed E-state index contributed by atoms with van der Waals surface area (Å²) in [5, 5.41) is 6.13. The monoisotopic (exact) mass is 281 g/mol. The Bertz CT molecular complexity index is 423. The van der Waals surface area contributed by atoms with E-state index in [1.54, 1.807) is 12.1 Å². The van der Waals surface area contributed by atoms with Gasteiger partial charge in [-0.2, -0.15) is 11.8 Å². The standard InChI is InChI=1S/C14H23N3OS/c1-4-16-14(18)12-6-5-11(15)7-13(12)17-8-10(2)9-19-3/h5-7,10,17H,4,8-9,15H2,1-3H3,(H,16,18). The van der Waals surface area contributed by atoms with Gasteiger partial charge in [-0.1, -0.05) is 6.92 Å². The summed E-state index contributed by atoms with van der Waals surface area (Å²) in [6.07, 6.45) is 2.09. The quantitative estimate of drug-likeness (QED) is 0.672. The van der Waals surface area contributed by atoms with E-state index in [2.05, 4.69) is 23.8 Å². The fourth-order valence-corrected chi connectivity index (χ4v) is 2.48. The summed E-state index contributed by atoms with van der Waals surface area (Å²) >= 11 is 1.82. The largest absolute Gasteiger partial charge is 0.399 e. The van der Waals surface area contributed by atoms with Gasteiger partial charge in [-0.25, -0.2) is 0 Å². The molecule has 0 bridgehead atoms. The highest BCUT2D eigenvalue weighted by molar-refractivity contribution is 7.98.